The van der Waals surface area contributed by atoms with Gasteiger partial charge in [0, 0.05) is 23.6 Å². The number of nitrogens with one attached hydrogen (secondary N) is 2. The van der Waals surface area contributed by atoms with Gasteiger partial charge in [0.15, 0.2) is 5.75 Å². The molecule has 0 aliphatic carbocycles. The zero-order chi connectivity index (χ0) is 35.7. The number of aromatic nitrogens is 2. The molecule has 1 heterocycles. The average molecular weight is 683 g/mol. The van der Waals surface area contributed by atoms with E-state index >= 15 is 0 Å². The fraction of sp³-hybridized carbons (Fsp3) is 0.243. The summed E-state index contributed by atoms with van der Waals surface area (Å²) >= 11 is 0. The van der Waals surface area contributed by atoms with Gasteiger partial charge in [-0.25, -0.2) is 23.2 Å². The van der Waals surface area contributed by atoms with Crippen LogP contribution in [0, 0.1) is 6.92 Å². The number of methoxy groups -OCH3 is 2. The van der Waals surface area contributed by atoms with Gasteiger partial charge < -0.3 is 19.9 Å². The normalized spacial score (nSPS) is 11.7. The van der Waals surface area contributed by atoms with Gasteiger partial charge in [-0.1, -0.05) is 32.9 Å². The number of anilines is 2. The highest BCUT2D eigenvalue weighted by atomic mass is 32.2. The van der Waals surface area contributed by atoms with Crippen LogP contribution in [0.15, 0.2) is 72.9 Å². The molecular formula is C37H38N4O7S. The van der Waals surface area contributed by atoms with Gasteiger partial charge in [-0.2, -0.15) is 0 Å². The summed E-state index contributed by atoms with van der Waals surface area (Å²) in [6, 6.07) is 19.5. The zero-order valence-electron chi connectivity index (χ0n) is 28.3. The van der Waals surface area contributed by atoms with Crippen LogP contribution < -0.4 is 19.5 Å². The largest absolute Gasteiger partial charge is 0.497 e. The van der Waals surface area contributed by atoms with Crippen molar-refractivity contribution in [3.8, 4) is 22.6 Å². The fourth-order valence-electron chi connectivity index (χ4n) is 5.43. The lowest BCUT2D eigenvalue weighted by Gasteiger charge is -2.24. The number of carbonyl (C=O) groups is 2. The second-order valence-corrected chi connectivity index (χ2v) is 14.6. The third kappa shape index (κ3) is 8.15. The summed E-state index contributed by atoms with van der Waals surface area (Å²) in [6.07, 6.45) is 3.10. The molecule has 3 N–H and O–H groups in total. The summed E-state index contributed by atoms with van der Waals surface area (Å²) in [4.78, 5) is 34.5. The molecular weight excluding hydrogens is 644 g/mol. The lowest BCUT2D eigenvalue weighted by molar-refractivity contribution is 0.0696. The van der Waals surface area contributed by atoms with Crippen molar-refractivity contribution in [3.05, 3.63) is 107 Å². The third-order valence-corrected chi connectivity index (χ3v) is 8.54. The SMILES string of the molecule is COc1cc(Cc2ncc3cc(-c4cc(C(=O)Nc5cc(C(C)(C)C)cc(NS(C)(=O)=O)c5OC)ccc4C)ccc3n2)cc(C(=O)O)c1. The highest BCUT2D eigenvalue weighted by Gasteiger charge is 2.23. The Kier molecular flexibility index (Phi) is 9.64. The number of hydrogen-bond acceptors (Lipinski definition) is 8. The zero-order valence-corrected chi connectivity index (χ0v) is 29.2. The first kappa shape index (κ1) is 34.8. The average Bonchev–Trinajstić information content (AvgIpc) is 3.03. The molecule has 0 aliphatic heterocycles. The first-order valence-corrected chi connectivity index (χ1v) is 17.2. The minimum atomic E-state index is -3.63. The Hall–Kier alpha value is -5.49. The predicted octanol–water partition coefficient (Wildman–Crippen LogP) is 6.83. The van der Waals surface area contributed by atoms with Crippen molar-refractivity contribution in [1.29, 1.82) is 0 Å². The van der Waals surface area contributed by atoms with Crippen LogP contribution in [0.5, 0.6) is 11.5 Å². The molecule has 0 radical (unpaired) electrons. The summed E-state index contributed by atoms with van der Waals surface area (Å²) in [6.45, 7) is 7.93. The monoisotopic (exact) mass is 682 g/mol. The van der Waals surface area contributed by atoms with Gasteiger partial charge in [-0.3, -0.25) is 9.52 Å². The van der Waals surface area contributed by atoms with Gasteiger partial charge in [0.25, 0.3) is 5.91 Å². The fourth-order valence-corrected chi connectivity index (χ4v) is 5.98. The summed E-state index contributed by atoms with van der Waals surface area (Å²) in [5.74, 6) is -0.275. The van der Waals surface area contributed by atoms with E-state index in [2.05, 4.69) is 15.0 Å². The molecule has 1 amide bonds. The van der Waals surface area contributed by atoms with Gasteiger partial charge in [0.05, 0.1) is 42.9 Å². The molecule has 1 aromatic heterocycles. The lowest BCUT2D eigenvalue weighted by Crippen LogP contribution is -2.18. The predicted molar refractivity (Wildman–Crippen MR) is 191 cm³/mol. The van der Waals surface area contributed by atoms with Crippen LogP contribution in [-0.4, -0.2) is 55.8 Å². The van der Waals surface area contributed by atoms with Crippen LogP contribution in [0.1, 0.15) is 64.0 Å². The molecule has 0 fully saturated rings. The summed E-state index contributed by atoms with van der Waals surface area (Å²) in [5.41, 5.74) is 5.61. The van der Waals surface area contributed by atoms with E-state index in [4.69, 9.17) is 14.5 Å². The number of carboxylic acids is 1. The number of rotatable bonds is 10. The maximum atomic E-state index is 13.7. The van der Waals surface area contributed by atoms with Crippen molar-refractivity contribution >= 4 is 44.2 Å². The molecule has 254 valence electrons. The molecule has 0 spiro atoms. The number of aryl methyl sites for hydroxylation is 1. The number of carboxylic acid groups (broad SMARTS) is 1. The number of amides is 1. The van der Waals surface area contributed by atoms with Crippen molar-refractivity contribution in [2.45, 2.75) is 39.5 Å². The minimum Gasteiger partial charge on any atom is -0.497 e. The Morgan fingerprint density at radius 2 is 1.63 bits per heavy atom. The standard InChI is InChI=1S/C37H38N4O7S/c1-21-8-9-24(35(42)40-31-18-27(37(2,3)4)19-32(34(31)48-6)41-49(7,45)46)17-29(21)23-10-11-30-26(15-23)20-38-33(39-30)14-22-12-25(36(43)44)16-28(13-22)47-5/h8-13,15-20,41H,14H2,1-7H3,(H,40,42)(H,43,44). The smallest absolute Gasteiger partial charge is 0.335 e. The van der Waals surface area contributed by atoms with Crippen molar-refractivity contribution in [2.75, 3.05) is 30.5 Å². The molecule has 0 atom stereocenters. The highest BCUT2D eigenvalue weighted by Crippen LogP contribution is 2.39. The Morgan fingerprint density at radius 3 is 2.29 bits per heavy atom. The number of sulfonamides is 1. The molecule has 5 rings (SSSR count). The summed E-state index contributed by atoms with van der Waals surface area (Å²) < 4.78 is 37.6. The molecule has 0 saturated carbocycles. The number of nitrogens with zero attached hydrogens (tertiary/aromatic N) is 2. The molecule has 0 aliphatic rings. The van der Waals surface area contributed by atoms with Crippen LogP contribution in [-0.2, 0) is 21.9 Å². The van der Waals surface area contributed by atoms with E-state index in [9.17, 15) is 23.1 Å². The second kappa shape index (κ2) is 13.6. The van der Waals surface area contributed by atoms with Crippen LogP contribution in [0.3, 0.4) is 0 Å². The van der Waals surface area contributed by atoms with Gasteiger partial charge >= 0.3 is 5.97 Å². The van der Waals surface area contributed by atoms with E-state index in [0.29, 0.717) is 40.3 Å². The molecule has 11 nitrogen and oxygen atoms in total. The van der Waals surface area contributed by atoms with Crippen LogP contribution >= 0.6 is 0 Å². The van der Waals surface area contributed by atoms with E-state index in [1.807, 2.05) is 52.0 Å². The lowest BCUT2D eigenvalue weighted by atomic mass is 9.86. The summed E-state index contributed by atoms with van der Waals surface area (Å²) in [5, 5.41) is 13.2. The third-order valence-electron chi connectivity index (χ3n) is 7.95. The minimum absolute atomic E-state index is 0.123. The number of aromatic carboxylic acids is 1. The molecule has 0 saturated heterocycles. The van der Waals surface area contributed by atoms with Gasteiger partial charge in [0.1, 0.15) is 11.6 Å². The molecule has 5 aromatic rings. The molecule has 49 heavy (non-hydrogen) atoms. The molecule has 12 heteroatoms. The Morgan fingerprint density at radius 1 is 0.898 bits per heavy atom. The number of ether oxygens (including phenoxy) is 2. The maximum absolute atomic E-state index is 13.7. The quantitative estimate of drug-likeness (QED) is 0.144. The van der Waals surface area contributed by atoms with E-state index in [1.54, 1.807) is 42.6 Å². The molecule has 0 bridgehead atoms. The first-order chi connectivity index (χ1) is 23.0. The van der Waals surface area contributed by atoms with Crippen molar-refractivity contribution in [1.82, 2.24) is 9.97 Å². The number of carbonyl (C=O) groups excluding carboxylic acids is 1. The Balaban J connectivity index is 1.44. The van der Waals surface area contributed by atoms with Gasteiger partial charge in [-0.15, -0.1) is 0 Å². The summed E-state index contributed by atoms with van der Waals surface area (Å²) in [7, 11) is -0.725. The Bertz CT molecular complexity index is 2210. The number of benzene rings is 4. The van der Waals surface area contributed by atoms with Gasteiger partial charge in [0.2, 0.25) is 10.0 Å². The van der Waals surface area contributed by atoms with Gasteiger partial charge in [-0.05, 0) is 94.8 Å². The number of hydrogen-bond donors (Lipinski definition) is 3. The van der Waals surface area contributed by atoms with Crippen molar-refractivity contribution < 1.29 is 32.6 Å². The van der Waals surface area contributed by atoms with Crippen LogP contribution in [0.25, 0.3) is 22.0 Å². The molecule has 4 aromatic carbocycles. The second-order valence-electron chi connectivity index (χ2n) is 12.8. The first-order valence-electron chi connectivity index (χ1n) is 15.3. The van der Waals surface area contributed by atoms with E-state index < -0.39 is 21.9 Å². The van der Waals surface area contributed by atoms with Crippen molar-refractivity contribution in [3.63, 3.8) is 0 Å². The highest BCUT2D eigenvalue weighted by molar-refractivity contribution is 7.92. The molecule has 0 unspecified atom stereocenters. The van der Waals surface area contributed by atoms with Crippen LogP contribution in [0.4, 0.5) is 11.4 Å². The number of fused-ring (bicyclic) bond motifs is 1. The van der Waals surface area contributed by atoms with Crippen molar-refractivity contribution in [2.24, 2.45) is 0 Å². The van der Waals surface area contributed by atoms with E-state index in [-0.39, 0.29) is 22.4 Å². The van der Waals surface area contributed by atoms with E-state index in [0.717, 1.165) is 33.9 Å². The topological polar surface area (TPSA) is 157 Å². The van der Waals surface area contributed by atoms with Crippen LogP contribution in [0.2, 0.25) is 0 Å². The van der Waals surface area contributed by atoms with E-state index in [1.165, 1.54) is 20.3 Å². The maximum Gasteiger partial charge on any atom is 0.335 e. The Labute approximate surface area is 285 Å².